The number of aryl methyl sites for hydroxylation is 1. The van der Waals surface area contributed by atoms with E-state index in [1.807, 2.05) is 47.1 Å². The average molecular weight is 338 g/mol. The van der Waals surface area contributed by atoms with Crippen LogP contribution in [0.3, 0.4) is 0 Å². The van der Waals surface area contributed by atoms with Gasteiger partial charge in [-0.2, -0.15) is 0 Å². The fraction of sp³-hybridized carbons (Fsp3) is 0.421. The summed E-state index contributed by atoms with van der Waals surface area (Å²) in [6.07, 6.45) is 1.87. The van der Waals surface area contributed by atoms with Crippen molar-refractivity contribution < 1.29 is 9.59 Å². The number of nitrogens with zero attached hydrogens (tertiary/aromatic N) is 3. The third-order valence-electron chi connectivity index (χ3n) is 5.09. The van der Waals surface area contributed by atoms with Gasteiger partial charge in [0.05, 0.1) is 17.1 Å². The molecule has 2 aliphatic heterocycles. The summed E-state index contributed by atoms with van der Waals surface area (Å²) in [4.78, 5) is 33.4. The number of para-hydroxylation sites is 1. The lowest BCUT2D eigenvalue weighted by atomic mass is 10.0. The summed E-state index contributed by atoms with van der Waals surface area (Å²) < 4.78 is 0. The molecule has 1 aromatic carbocycles. The van der Waals surface area contributed by atoms with Crippen LogP contribution >= 0.6 is 0 Å². The molecule has 2 fully saturated rings. The number of likely N-dealkylation sites (tertiary alicyclic amines) is 1. The number of carbonyl (C=O) groups is 2. The van der Waals surface area contributed by atoms with E-state index in [0.717, 1.165) is 42.5 Å². The third-order valence-corrected chi connectivity index (χ3v) is 5.09. The number of carbonyl (C=O) groups excluding carboxylic acids is 2. The summed E-state index contributed by atoms with van der Waals surface area (Å²) in [7, 11) is 0. The Morgan fingerprint density at radius 2 is 2.12 bits per heavy atom. The highest BCUT2D eigenvalue weighted by atomic mass is 16.2. The molecule has 0 saturated carbocycles. The van der Waals surface area contributed by atoms with Gasteiger partial charge in [0.25, 0.3) is 5.91 Å². The van der Waals surface area contributed by atoms with Crippen LogP contribution in [0.5, 0.6) is 0 Å². The van der Waals surface area contributed by atoms with E-state index in [2.05, 4.69) is 10.3 Å². The molecule has 0 bridgehead atoms. The van der Waals surface area contributed by atoms with Crippen LogP contribution < -0.4 is 5.32 Å². The Kier molecular flexibility index (Phi) is 4.03. The van der Waals surface area contributed by atoms with E-state index in [-0.39, 0.29) is 18.0 Å². The van der Waals surface area contributed by atoms with Crippen molar-refractivity contribution in [3.63, 3.8) is 0 Å². The Hall–Kier alpha value is -2.63. The van der Waals surface area contributed by atoms with E-state index in [9.17, 15) is 9.59 Å². The monoisotopic (exact) mass is 338 g/mol. The van der Waals surface area contributed by atoms with E-state index < -0.39 is 0 Å². The van der Waals surface area contributed by atoms with E-state index in [0.29, 0.717) is 18.7 Å². The molecule has 1 atom stereocenters. The molecule has 0 radical (unpaired) electrons. The number of hydrogen-bond acceptors (Lipinski definition) is 3. The van der Waals surface area contributed by atoms with Crippen LogP contribution in [0, 0.1) is 6.92 Å². The van der Waals surface area contributed by atoms with Crippen molar-refractivity contribution in [2.45, 2.75) is 25.8 Å². The smallest absolute Gasteiger partial charge is 0.317 e. The first-order valence-electron chi connectivity index (χ1n) is 8.83. The molecule has 25 heavy (non-hydrogen) atoms. The summed E-state index contributed by atoms with van der Waals surface area (Å²) in [6.45, 7) is 4.67. The van der Waals surface area contributed by atoms with Gasteiger partial charge < -0.3 is 15.1 Å². The second-order valence-electron chi connectivity index (χ2n) is 6.80. The van der Waals surface area contributed by atoms with Crippen LogP contribution in [0.2, 0.25) is 0 Å². The quantitative estimate of drug-likeness (QED) is 0.913. The van der Waals surface area contributed by atoms with E-state index in [1.54, 1.807) is 0 Å². The highest BCUT2D eigenvalue weighted by Crippen LogP contribution is 2.23. The van der Waals surface area contributed by atoms with Crippen LogP contribution in [0.25, 0.3) is 10.9 Å². The predicted octanol–water partition coefficient (Wildman–Crippen LogP) is 2.17. The zero-order valence-corrected chi connectivity index (χ0v) is 14.4. The highest BCUT2D eigenvalue weighted by molar-refractivity contribution is 6.06. The van der Waals surface area contributed by atoms with Crippen molar-refractivity contribution in [3.8, 4) is 0 Å². The van der Waals surface area contributed by atoms with Crippen molar-refractivity contribution in [1.82, 2.24) is 20.1 Å². The first-order chi connectivity index (χ1) is 12.1. The number of pyridine rings is 1. The number of urea groups is 1. The van der Waals surface area contributed by atoms with Gasteiger partial charge in [0.2, 0.25) is 0 Å². The van der Waals surface area contributed by atoms with E-state index in [1.165, 1.54) is 0 Å². The maximum absolute atomic E-state index is 13.2. The molecule has 1 N–H and O–H groups in total. The lowest BCUT2D eigenvalue weighted by Crippen LogP contribution is -2.50. The zero-order valence-electron chi connectivity index (χ0n) is 14.4. The number of benzene rings is 1. The minimum Gasteiger partial charge on any atom is -0.337 e. The van der Waals surface area contributed by atoms with Gasteiger partial charge in [0, 0.05) is 37.3 Å². The second kappa shape index (κ2) is 6.35. The van der Waals surface area contributed by atoms with E-state index in [4.69, 9.17) is 0 Å². The van der Waals surface area contributed by atoms with Crippen LogP contribution in [0.4, 0.5) is 4.79 Å². The summed E-state index contributed by atoms with van der Waals surface area (Å²) >= 11 is 0. The van der Waals surface area contributed by atoms with Crippen LogP contribution in [0.15, 0.2) is 30.3 Å². The number of piperidine rings is 1. The van der Waals surface area contributed by atoms with Crippen molar-refractivity contribution in [1.29, 1.82) is 0 Å². The fourth-order valence-electron chi connectivity index (χ4n) is 3.88. The van der Waals surface area contributed by atoms with Gasteiger partial charge in [-0.1, -0.05) is 18.2 Å². The Bertz CT molecular complexity index is 835. The van der Waals surface area contributed by atoms with Crippen LogP contribution in [-0.4, -0.2) is 58.9 Å². The molecule has 1 aromatic heterocycles. The molecular weight excluding hydrogens is 316 g/mol. The second-order valence-corrected chi connectivity index (χ2v) is 6.80. The molecule has 2 aromatic rings. The van der Waals surface area contributed by atoms with Crippen molar-refractivity contribution >= 4 is 22.8 Å². The predicted molar refractivity (Wildman–Crippen MR) is 95.5 cm³/mol. The minimum absolute atomic E-state index is 0.00972. The molecule has 0 spiro atoms. The normalized spacial score (nSPS) is 20.8. The number of amides is 3. The first-order valence-corrected chi connectivity index (χ1v) is 8.83. The lowest BCUT2D eigenvalue weighted by molar-refractivity contribution is 0.0636. The van der Waals surface area contributed by atoms with Crippen molar-refractivity contribution in [3.05, 3.63) is 41.6 Å². The zero-order chi connectivity index (χ0) is 17.4. The summed E-state index contributed by atoms with van der Waals surface area (Å²) in [5, 5.41) is 3.74. The van der Waals surface area contributed by atoms with Gasteiger partial charge >= 0.3 is 6.03 Å². The standard InChI is InChI=1S/C19H22N4O2/c1-13-11-16(15-6-2-3-7-17(15)21-13)18(24)22-9-4-5-14(12-22)23-10-8-20-19(23)25/h2-3,6-7,11,14H,4-5,8-10,12H2,1H3,(H,20,25). The average Bonchev–Trinajstić information content (AvgIpc) is 3.06. The van der Waals surface area contributed by atoms with Gasteiger partial charge in [-0.15, -0.1) is 0 Å². The number of hydrogen-bond donors (Lipinski definition) is 1. The van der Waals surface area contributed by atoms with E-state index >= 15 is 0 Å². The summed E-state index contributed by atoms with van der Waals surface area (Å²) in [6, 6.07) is 9.72. The lowest BCUT2D eigenvalue weighted by Gasteiger charge is -2.37. The Balaban J connectivity index is 1.61. The number of fused-ring (bicyclic) bond motifs is 1. The Labute approximate surface area is 146 Å². The van der Waals surface area contributed by atoms with Crippen LogP contribution in [0.1, 0.15) is 28.9 Å². The fourth-order valence-corrected chi connectivity index (χ4v) is 3.88. The van der Waals surface area contributed by atoms with Gasteiger partial charge in [-0.05, 0) is 31.9 Å². The van der Waals surface area contributed by atoms with Gasteiger partial charge in [-0.3, -0.25) is 9.78 Å². The largest absolute Gasteiger partial charge is 0.337 e. The summed E-state index contributed by atoms with van der Waals surface area (Å²) in [5.41, 5.74) is 2.39. The Morgan fingerprint density at radius 3 is 2.92 bits per heavy atom. The number of aromatic nitrogens is 1. The molecule has 6 nitrogen and oxygen atoms in total. The van der Waals surface area contributed by atoms with Gasteiger partial charge in [0.1, 0.15) is 0 Å². The molecule has 1 unspecified atom stereocenters. The number of nitrogens with one attached hydrogen (secondary N) is 1. The molecule has 2 saturated heterocycles. The van der Waals surface area contributed by atoms with Crippen molar-refractivity contribution in [2.24, 2.45) is 0 Å². The first kappa shape index (κ1) is 15.9. The maximum Gasteiger partial charge on any atom is 0.317 e. The minimum atomic E-state index is -0.00972. The van der Waals surface area contributed by atoms with Crippen LogP contribution in [-0.2, 0) is 0 Å². The molecule has 3 heterocycles. The maximum atomic E-state index is 13.2. The molecular formula is C19H22N4O2. The van der Waals surface area contributed by atoms with Gasteiger partial charge in [-0.25, -0.2) is 4.79 Å². The summed E-state index contributed by atoms with van der Waals surface area (Å²) in [5.74, 6) is 0.0333. The SMILES string of the molecule is Cc1cc(C(=O)N2CCCC(N3CCNC3=O)C2)c2ccccc2n1. The Morgan fingerprint density at radius 1 is 1.28 bits per heavy atom. The molecule has 6 heteroatoms. The molecule has 0 aliphatic carbocycles. The van der Waals surface area contributed by atoms with Gasteiger partial charge in [0.15, 0.2) is 0 Å². The number of rotatable bonds is 2. The highest BCUT2D eigenvalue weighted by Gasteiger charge is 2.33. The molecule has 2 aliphatic rings. The topological polar surface area (TPSA) is 65.5 Å². The molecule has 130 valence electrons. The molecule has 3 amide bonds. The van der Waals surface area contributed by atoms with Crippen molar-refractivity contribution in [2.75, 3.05) is 26.2 Å². The molecule has 4 rings (SSSR count). The third kappa shape index (κ3) is 2.92.